The second-order valence-electron chi connectivity index (χ2n) is 7.14. The zero-order valence-electron chi connectivity index (χ0n) is 14.3. The van der Waals surface area contributed by atoms with E-state index in [9.17, 15) is 18.4 Å². The van der Waals surface area contributed by atoms with E-state index in [2.05, 4.69) is 4.74 Å². The second kappa shape index (κ2) is 6.86. The first-order valence-corrected chi connectivity index (χ1v) is 7.23. The van der Waals surface area contributed by atoms with E-state index in [4.69, 9.17) is 9.47 Å². The van der Waals surface area contributed by atoms with Crippen LogP contribution in [0.1, 0.15) is 41.5 Å². The highest BCUT2D eigenvalue weighted by Gasteiger charge is 2.42. The summed E-state index contributed by atoms with van der Waals surface area (Å²) in [5.41, 5.74) is -1.59. The van der Waals surface area contributed by atoms with Crippen molar-refractivity contribution in [3.05, 3.63) is 0 Å². The number of carbonyl (C=O) groups is 2. The molecule has 1 saturated heterocycles. The molecule has 1 rings (SSSR count). The third-order valence-electron chi connectivity index (χ3n) is 2.55. The normalized spacial score (nSPS) is 16.9. The maximum atomic E-state index is 12.4. The Morgan fingerprint density at radius 3 is 1.52 bits per heavy atom. The Balaban J connectivity index is 2.88. The van der Waals surface area contributed by atoms with Crippen molar-refractivity contribution in [1.29, 1.82) is 0 Å². The third-order valence-corrected chi connectivity index (χ3v) is 2.55. The van der Waals surface area contributed by atoms with Gasteiger partial charge in [-0.25, -0.2) is 19.6 Å². The molecular weight excluding hydrogens is 314 g/mol. The van der Waals surface area contributed by atoms with Crippen LogP contribution in [0.2, 0.25) is 0 Å². The van der Waals surface area contributed by atoms with Crippen molar-refractivity contribution in [3.63, 3.8) is 0 Å². The molecule has 0 saturated carbocycles. The molecule has 23 heavy (non-hydrogen) atoms. The van der Waals surface area contributed by atoms with Crippen LogP contribution < -0.4 is 0 Å². The monoisotopic (exact) mass is 338 g/mol. The molecule has 0 radical (unpaired) electrons. The van der Waals surface area contributed by atoms with Gasteiger partial charge in [0.15, 0.2) is 0 Å². The fourth-order valence-corrected chi connectivity index (χ4v) is 1.85. The fourth-order valence-electron chi connectivity index (χ4n) is 1.85. The Morgan fingerprint density at radius 1 is 0.913 bits per heavy atom. The quantitative estimate of drug-likeness (QED) is 0.774. The van der Waals surface area contributed by atoms with Gasteiger partial charge in [-0.1, -0.05) is 0 Å². The maximum Gasteiger partial charge on any atom is 0.429 e. The van der Waals surface area contributed by atoms with E-state index in [-0.39, 0.29) is 13.1 Å². The van der Waals surface area contributed by atoms with Crippen LogP contribution >= 0.6 is 0 Å². The van der Waals surface area contributed by atoms with E-state index in [0.29, 0.717) is 0 Å². The number of halogens is 2. The van der Waals surface area contributed by atoms with Gasteiger partial charge in [-0.2, -0.15) is 8.78 Å². The third kappa shape index (κ3) is 6.55. The van der Waals surface area contributed by atoms with Crippen molar-refractivity contribution in [2.24, 2.45) is 0 Å². The zero-order valence-corrected chi connectivity index (χ0v) is 14.3. The summed E-state index contributed by atoms with van der Waals surface area (Å²) >= 11 is 0. The second-order valence-corrected chi connectivity index (χ2v) is 7.14. The predicted octanol–water partition coefficient (Wildman–Crippen LogP) is 3.00. The van der Waals surface area contributed by atoms with Gasteiger partial charge >= 0.3 is 18.8 Å². The number of amides is 2. The van der Waals surface area contributed by atoms with Gasteiger partial charge in [0.1, 0.15) is 17.3 Å². The van der Waals surface area contributed by atoms with Crippen LogP contribution in [0.15, 0.2) is 0 Å². The molecular formula is C14H24F2N2O5. The molecule has 0 aromatic carbocycles. The van der Waals surface area contributed by atoms with E-state index >= 15 is 0 Å². The summed E-state index contributed by atoms with van der Waals surface area (Å²) in [4.78, 5) is 24.4. The number of hydrogen-bond acceptors (Lipinski definition) is 5. The van der Waals surface area contributed by atoms with Crippen LogP contribution in [0.5, 0.6) is 0 Å². The molecule has 7 nitrogen and oxygen atoms in total. The minimum atomic E-state index is -3.00. The van der Waals surface area contributed by atoms with Crippen LogP contribution in [0.3, 0.4) is 0 Å². The molecule has 1 aliphatic heterocycles. The molecule has 0 N–H and O–H groups in total. The number of nitrogens with zero attached hydrogens (tertiary/aromatic N) is 2. The number of ether oxygens (including phenoxy) is 3. The standard InChI is InChI=1S/C14H24F2N2O5/c1-13(2,3)22-11(19)17-7-9(21-10(15)16)8-18(17)12(20)23-14(4,5)6/h9-10H,7-8H2,1-6H3. The largest absolute Gasteiger partial charge is 0.442 e. The number of carbonyl (C=O) groups excluding carboxylic acids is 2. The fraction of sp³-hybridized carbons (Fsp3) is 0.857. The van der Waals surface area contributed by atoms with E-state index in [0.717, 1.165) is 10.0 Å². The van der Waals surface area contributed by atoms with Crippen LogP contribution in [-0.2, 0) is 14.2 Å². The minimum absolute atomic E-state index is 0.224. The van der Waals surface area contributed by atoms with Gasteiger partial charge in [-0.15, -0.1) is 0 Å². The van der Waals surface area contributed by atoms with Gasteiger partial charge < -0.3 is 14.2 Å². The molecule has 0 aromatic heterocycles. The lowest BCUT2D eigenvalue weighted by Crippen LogP contribution is -2.48. The number of hydrogen-bond donors (Lipinski definition) is 0. The summed E-state index contributed by atoms with van der Waals surface area (Å²) in [7, 11) is 0. The Labute approximate surface area is 134 Å². The van der Waals surface area contributed by atoms with Crippen molar-refractivity contribution >= 4 is 12.2 Å². The van der Waals surface area contributed by atoms with Gasteiger partial charge in [-0.05, 0) is 41.5 Å². The van der Waals surface area contributed by atoms with Crippen molar-refractivity contribution < 1.29 is 32.6 Å². The zero-order chi connectivity index (χ0) is 18.0. The molecule has 0 aliphatic carbocycles. The van der Waals surface area contributed by atoms with E-state index in [1.807, 2.05) is 0 Å². The number of rotatable bonds is 2. The smallest absolute Gasteiger partial charge is 0.429 e. The van der Waals surface area contributed by atoms with Crippen molar-refractivity contribution in [2.45, 2.75) is 65.5 Å². The maximum absolute atomic E-state index is 12.4. The summed E-state index contributed by atoms with van der Waals surface area (Å²) in [6.07, 6.45) is -2.68. The lowest BCUT2D eigenvalue weighted by atomic mass is 10.2. The first-order valence-electron chi connectivity index (χ1n) is 7.23. The first kappa shape index (κ1) is 19.4. The first-order chi connectivity index (χ1) is 10.3. The average molecular weight is 338 g/mol. The number of alkyl halides is 2. The van der Waals surface area contributed by atoms with Crippen LogP contribution in [0.25, 0.3) is 0 Å². The van der Waals surface area contributed by atoms with Gasteiger partial charge in [0.25, 0.3) is 0 Å². The minimum Gasteiger partial charge on any atom is -0.442 e. The molecule has 2 amide bonds. The molecule has 1 fully saturated rings. The molecule has 134 valence electrons. The van der Waals surface area contributed by atoms with E-state index in [1.165, 1.54) is 0 Å². The molecule has 0 bridgehead atoms. The Morgan fingerprint density at radius 2 is 1.26 bits per heavy atom. The lowest BCUT2D eigenvalue weighted by molar-refractivity contribution is -0.156. The Hall–Kier alpha value is -1.64. The van der Waals surface area contributed by atoms with E-state index < -0.39 is 36.1 Å². The SMILES string of the molecule is CC(C)(C)OC(=O)N1CC(OC(F)F)CN1C(=O)OC(C)(C)C. The van der Waals surface area contributed by atoms with Crippen LogP contribution in [-0.4, -0.2) is 59.2 Å². The highest BCUT2D eigenvalue weighted by atomic mass is 19.3. The van der Waals surface area contributed by atoms with Crippen molar-refractivity contribution in [3.8, 4) is 0 Å². The van der Waals surface area contributed by atoms with E-state index in [1.54, 1.807) is 41.5 Å². The van der Waals surface area contributed by atoms with Gasteiger partial charge in [0.05, 0.1) is 13.1 Å². The average Bonchev–Trinajstić information content (AvgIpc) is 2.67. The highest BCUT2D eigenvalue weighted by molar-refractivity contribution is 5.75. The molecule has 9 heteroatoms. The van der Waals surface area contributed by atoms with Crippen LogP contribution in [0.4, 0.5) is 18.4 Å². The summed E-state index contributed by atoms with van der Waals surface area (Å²) in [6, 6.07) is 0. The highest BCUT2D eigenvalue weighted by Crippen LogP contribution is 2.22. The summed E-state index contributed by atoms with van der Waals surface area (Å²) in [6.45, 7) is 6.50. The molecule has 1 aliphatic rings. The molecule has 0 aromatic rings. The Bertz CT molecular complexity index is 409. The van der Waals surface area contributed by atoms with Gasteiger partial charge in [0, 0.05) is 0 Å². The molecule has 1 heterocycles. The van der Waals surface area contributed by atoms with Crippen LogP contribution in [0, 0.1) is 0 Å². The Kier molecular flexibility index (Phi) is 5.79. The summed E-state index contributed by atoms with van der Waals surface area (Å²) in [5.74, 6) is 0. The van der Waals surface area contributed by atoms with Gasteiger partial charge in [-0.3, -0.25) is 0 Å². The molecule has 0 spiro atoms. The molecule has 0 atom stereocenters. The van der Waals surface area contributed by atoms with Crippen molar-refractivity contribution in [2.75, 3.05) is 13.1 Å². The summed E-state index contributed by atoms with van der Waals surface area (Å²) < 4.78 is 39.5. The topological polar surface area (TPSA) is 68.3 Å². The van der Waals surface area contributed by atoms with Gasteiger partial charge in [0.2, 0.25) is 0 Å². The summed E-state index contributed by atoms with van der Waals surface area (Å²) in [5, 5.41) is 1.85. The lowest BCUT2D eigenvalue weighted by Gasteiger charge is -2.31. The number of hydrazine groups is 1. The predicted molar refractivity (Wildman–Crippen MR) is 76.8 cm³/mol. The van der Waals surface area contributed by atoms with Crippen molar-refractivity contribution in [1.82, 2.24) is 10.0 Å². The molecule has 0 unspecified atom stereocenters.